The molecule has 1 N–H and O–H groups in total. The summed E-state index contributed by atoms with van der Waals surface area (Å²) in [5, 5.41) is 8.60. The number of rotatable bonds is 4. The van der Waals surface area contributed by atoms with Crippen LogP contribution in [0.25, 0.3) is 6.08 Å². The summed E-state index contributed by atoms with van der Waals surface area (Å²) < 4.78 is 5.74. The number of benzene rings is 1. The van der Waals surface area contributed by atoms with Crippen molar-refractivity contribution in [2.75, 3.05) is 0 Å². The molecule has 1 heterocycles. The van der Waals surface area contributed by atoms with E-state index in [0.29, 0.717) is 11.3 Å². The number of carbonyl (C=O) groups is 1. The minimum atomic E-state index is -0.995. The van der Waals surface area contributed by atoms with Crippen LogP contribution in [0.4, 0.5) is 0 Å². The van der Waals surface area contributed by atoms with E-state index in [9.17, 15) is 4.79 Å². The standard InChI is InChI=1S/C16H15NO3/c1-11-5-12(2)7-14(6-11)20-15-8-13(9-17-10-15)3-4-16(18)19/h3-10H,1-2H3,(H,18,19)/b4-3+. The molecular weight excluding hydrogens is 254 g/mol. The quantitative estimate of drug-likeness (QED) is 0.862. The molecule has 20 heavy (non-hydrogen) atoms. The van der Waals surface area contributed by atoms with Crippen molar-refractivity contribution in [3.63, 3.8) is 0 Å². The van der Waals surface area contributed by atoms with E-state index < -0.39 is 5.97 Å². The predicted molar refractivity (Wildman–Crippen MR) is 76.9 cm³/mol. The molecule has 0 bridgehead atoms. The molecule has 0 fully saturated rings. The number of nitrogens with zero attached hydrogens (tertiary/aromatic N) is 1. The van der Waals surface area contributed by atoms with Gasteiger partial charge in [-0.15, -0.1) is 0 Å². The van der Waals surface area contributed by atoms with Crippen molar-refractivity contribution in [1.29, 1.82) is 0 Å². The molecular formula is C16H15NO3. The van der Waals surface area contributed by atoms with Gasteiger partial charge in [0, 0.05) is 12.3 Å². The highest BCUT2D eigenvalue weighted by atomic mass is 16.5. The van der Waals surface area contributed by atoms with Crippen molar-refractivity contribution in [1.82, 2.24) is 4.98 Å². The summed E-state index contributed by atoms with van der Waals surface area (Å²) in [6.07, 6.45) is 5.71. The monoisotopic (exact) mass is 269 g/mol. The van der Waals surface area contributed by atoms with Gasteiger partial charge >= 0.3 is 5.97 Å². The van der Waals surface area contributed by atoms with Crippen molar-refractivity contribution in [3.05, 3.63) is 59.4 Å². The van der Waals surface area contributed by atoms with Gasteiger partial charge < -0.3 is 9.84 Å². The highest BCUT2D eigenvalue weighted by Gasteiger charge is 2.01. The SMILES string of the molecule is Cc1cc(C)cc(Oc2cncc(/C=C/C(=O)O)c2)c1. The highest BCUT2D eigenvalue weighted by Crippen LogP contribution is 2.24. The first-order valence-electron chi connectivity index (χ1n) is 6.15. The van der Waals surface area contributed by atoms with Gasteiger partial charge in [0.1, 0.15) is 11.5 Å². The molecule has 0 aliphatic heterocycles. The summed E-state index contributed by atoms with van der Waals surface area (Å²) in [4.78, 5) is 14.5. The van der Waals surface area contributed by atoms with Gasteiger partial charge in [0.05, 0.1) is 6.20 Å². The molecule has 0 aliphatic carbocycles. The van der Waals surface area contributed by atoms with Crippen LogP contribution in [0.5, 0.6) is 11.5 Å². The predicted octanol–water partition coefficient (Wildman–Crippen LogP) is 3.59. The van der Waals surface area contributed by atoms with Crippen molar-refractivity contribution < 1.29 is 14.6 Å². The molecule has 1 aromatic carbocycles. The van der Waals surface area contributed by atoms with E-state index >= 15 is 0 Å². The summed E-state index contributed by atoms with van der Waals surface area (Å²) in [7, 11) is 0. The maximum atomic E-state index is 10.5. The Morgan fingerprint density at radius 2 is 1.80 bits per heavy atom. The number of aromatic nitrogens is 1. The third-order valence-electron chi connectivity index (χ3n) is 2.58. The Kier molecular flexibility index (Phi) is 4.15. The van der Waals surface area contributed by atoms with Crippen LogP contribution in [0.1, 0.15) is 16.7 Å². The number of aryl methyl sites for hydroxylation is 2. The van der Waals surface area contributed by atoms with Gasteiger partial charge in [-0.25, -0.2) is 4.79 Å². The molecule has 2 aromatic rings. The van der Waals surface area contributed by atoms with E-state index in [-0.39, 0.29) is 0 Å². The number of carboxylic acid groups (broad SMARTS) is 1. The summed E-state index contributed by atoms with van der Waals surface area (Å²) >= 11 is 0. The molecule has 0 saturated heterocycles. The second-order valence-corrected chi connectivity index (χ2v) is 4.55. The smallest absolute Gasteiger partial charge is 0.328 e. The van der Waals surface area contributed by atoms with Gasteiger partial charge in [-0.1, -0.05) is 6.07 Å². The van der Waals surface area contributed by atoms with Crippen LogP contribution in [0.3, 0.4) is 0 Å². The van der Waals surface area contributed by atoms with Gasteiger partial charge in [0.2, 0.25) is 0 Å². The van der Waals surface area contributed by atoms with Crippen LogP contribution >= 0.6 is 0 Å². The largest absolute Gasteiger partial charge is 0.478 e. The zero-order valence-electron chi connectivity index (χ0n) is 11.3. The molecule has 0 aliphatic rings. The first-order valence-corrected chi connectivity index (χ1v) is 6.15. The van der Waals surface area contributed by atoms with Crippen LogP contribution in [0, 0.1) is 13.8 Å². The fraction of sp³-hybridized carbons (Fsp3) is 0.125. The van der Waals surface area contributed by atoms with Crippen LogP contribution in [-0.2, 0) is 4.79 Å². The lowest BCUT2D eigenvalue weighted by Crippen LogP contribution is -1.89. The Morgan fingerprint density at radius 1 is 1.10 bits per heavy atom. The molecule has 1 aromatic heterocycles. The molecule has 2 rings (SSSR count). The Labute approximate surface area is 117 Å². The number of ether oxygens (including phenoxy) is 1. The van der Waals surface area contributed by atoms with E-state index in [2.05, 4.69) is 11.1 Å². The lowest BCUT2D eigenvalue weighted by atomic mass is 10.1. The van der Waals surface area contributed by atoms with Crippen molar-refractivity contribution in [2.45, 2.75) is 13.8 Å². The Bertz CT molecular complexity index is 642. The Balaban J connectivity index is 2.21. The first-order chi connectivity index (χ1) is 9.52. The topological polar surface area (TPSA) is 59.4 Å². The van der Waals surface area contributed by atoms with Crippen LogP contribution in [0.15, 0.2) is 42.7 Å². The lowest BCUT2D eigenvalue weighted by molar-refractivity contribution is -0.131. The van der Waals surface area contributed by atoms with E-state index in [1.807, 2.05) is 26.0 Å². The maximum Gasteiger partial charge on any atom is 0.328 e. The number of carboxylic acids is 1. The first kappa shape index (κ1) is 13.8. The second kappa shape index (κ2) is 6.02. The molecule has 4 nitrogen and oxygen atoms in total. The summed E-state index contributed by atoms with van der Waals surface area (Å²) in [6.45, 7) is 4.01. The minimum Gasteiger partial charge on any atom is -0.478 e. The van der Waals surface area contributed by atoms with Crippen LogP contribution < -0.4 is 4.74 Å². The third-order valence-corrected chi connectivity index (χ3v) is 2.58. The second-order valence-electron chi connectivity index (χ2n) is 4.55. The minimum absolute atomic E-state index is 0.572. The fourth-order valence-corrected chi connectivity index (χ4v) is 1.88. The summed E-state index contributed by atoms with van der Waals surface area (Å²) in [5.41, 5.74) is 2.92. The van der Waals surface area contributed by atoms with E-state index in [4.69, 9.17) is 9.84 Å². The zero-order valence-corrected chi connectivity index (χ0v) is 11.3. The summed E-state index contributed by atoms with van der Waals surface area (Å²) in [5.74, 6) is 0.317. The number of hydrogen-bond donors (Lipinski definition) is 1. The van der Waals surface area contributed by atoms with Gasteiger partial charge in [-0.3, -0.25) is 4.98 Å². The molecule has 4 heteroatoms. The van der Waals surface area contributed by atoms with Crippen molar-refractivity contribution in [2.24, 2.45) is 0 Å². The zero-order chi connectivity index (χ0) is 14.5. The average molecular weight is 269 g/mol. The fourth-order valence-electron chi connectivity index (χ4n) is 1.88. The van der Waals surface area contributed by atoms with Crippen molar-refractivity contribution in [3.8, 4) is 11.5 Å². The van der Waals surface area contributed by atoms with E-state index in [0.717, 1.165) is 23.0 Å². The molecule has 0 spiro atoms. The molecule has 0 atom stereocenters. The molecule has 0 radical (unpaired) electrons. The van der Waals surface area contributed by atoms with Gasteiger partial charge in [0.15, 0.2) is 0 Å². The number of hydrogen-bond acceptors (Lipinski definition) is 3. The molecule has 0 amide bonds. The third kappa shape index (κ3) is 3.95. The number of pyridine rings is 1. The Morgan fingerprint density at radius 3 is 2.45 bits per heavy atom. The Hall–Kier alpha value is -2.62. The lowest BCUT2D eigenvalue weighted by Gasteiger charge is -2.08. The van der Waals surface area contributed by atoms with Gasteiger partial charge in [-0.05, 0) is 54.8 Å². The normalized spacial score (nSPS) is 10.7. The van der Waals surface area contributed by atoms with Crippen LogP contribution in [0.2, 0.25) is 0 Å². The average Bonchev–Trinajstić information content (AvgIpc) is 2.35. The highest BCUT2D eigenvalue weighted by molar-refractivity contribution is 5.85. The van der Waals surface area contributed by atoms with Crippen LogP contribution in [-0.4, -0.2) is 16.1 Å². The van der Waals surface area contributed by atoms with Gasteiger partial charge in [-0.2, -0.15) is 0 Å². The number of aliphatic carboxylic acids is 1. The molecule has 0 saturated carbocycles. The van der Waals surface area contributed by atoms with Gasteiger partial charge in [0.25, 0.3) is 0 Å². The molecule has 102 valence electrons. The summed E-state index contributed by atoms with van der Waals surface area (Å²) in [6, 6.07) is 7.68. The van der Waals surface area contributed by atoms with Crippen molar-refractivity contribution >= 4 is 12.0 Å². The maximum absolute atomic E-state index is 10.5. The molecule has 0 unspecified atom stereocenters. The van der Waals surface area contributed by atoms with E-state index in [1.165, 1.54) is 6.08 Å². The van der Waals surface area contributed by atoms with E-state index in [1.54, 1.807) is 18.5 Å².